The number of hydrogen-bond donors (Lipinski definition) is 1. The molecular formula is C25H23ClF3N7O4. The number of hydrogen-bond acceptors (Lipinski definition) is 8. The van der Waals surface area contributed by atoms with E-state index in [-0.39, 0.29) is 43.1 Å². The Balaban J connectivity index is 1.68. The summed E-state index contributed by atoms with van der Waals surface area (Å²) in [6.45, 7) is 0.000562. The summed E-state index contributed by atoms with van der Waals surface area (Å²) >= 11 is 6.37. The molecule has 0 saturated carbocycles. The van der Waals surface area contributed by atoms with Gasteiger partial charge in [0.1, 0.15) is 5.82 Å². The molecule has 1 aliphatic heterocycles. The number of halogens is 4. The third-order valence-electron chi connectivity index (χ3n) is 6.68. The smallest absolute Gasteiger partial charge is 0.452 e. The van der Waals surface area contributed by atoms with Crippen LogP contribution in [0, 0.1) is 0 Å². The van der Waals surface area contributed by atoms with E-state index in [1.165, 1.54) is 31.1 Å². The molecule has 1 aliphatic rings. The largest absolute Gasteiger partial charge is 0.493 e. The van der Waals surface area contributed by atoms with Crippen LogP contribution in [0.15, 0.2) is 36.4 Å². The molecule has 3 heterocycles. The van der Waals surface area contributed by atoms with Crippen LogP contribution in [0.25, 0.3) is 5.69 Å². The molecule has 0 saturated heterocycles. The Morgan fingerprint density at radius 3 is 2.62 bits per heavy atom. The predicted molar refractivity (Wildman–Crippen MR) is 134 cm³/mol. The van der Waals surface area contributed by atoms with Gasteiger partial charge in [-0.3, -0.25) is 9.36 Å². The molecule has 15 heteroatoms. The van der Waals surface area contributed by atoms with Crippen LogP contribution < -0.4 is 9.47 Å². The van der Waals surface area contributed by atoms with Crippen LogP contribution in [0.2, 0.25) is 5.02 Å². The van der Waals surface area contributed by atoms with Gasteiger partial charge < -0.3 is 14.6 Å². The molecule has 2 aromatic heterocycles. The Morgan fingerprint density at radius 1 is 1.12 bits per heavy atom. The second-order valence-corrected chi connectivity index (χ2v) is 9.58. The molecule has 1 N–H and O–H groups in total. The first kappa shape index (κ1) is 27.4. The highest BCUT2D eigenvalue weighted by Crippen LogP contribution is 2.48. The van der Waals surface area contributed by atoms with Crippen molar-refractivity contribution in [2.45, 2.75) is 43.8 Å². The van der Waals surface area contributed by atoms with Gasteiger partial charge in [-0.25, -0.2) is 0 Å². The molecule has 0 radical (unpaired) electrons. The first-order valence-electron chi connectivity index (χ1n) is 12.1. The fraction of sp³-hybridized carbons (Fsp3) is 0.360. The summed E-state index contributed by atoms with van der Waals surface area (Å²) in [5.41, 5.74) is 1.42. The molecule has 0 aliphatic carbocycles. The van der Waals surface area contributed by atoms with Crippen molar-refractivity contribution in [2.24, 2.45) is 0 Å². The Kier molecular flexibility index (Phi) is 7.36. The van der Waals surface area contributed by atoms with Crippen molar-refractivity contribution in [3.05, 3.63) is 70.0 Å². The van der Waals surface area contributed by atoms with Crippen molar-refractivity contribution in [1.82, 2.24) is 35.0 Å². The summed E-state index contributed by atoms with van der Waals surface area (Å²) in [5, 5.41) is 28.9. The van der Waals surface area contributed by atoms with Crippen molar-refractivity contribution in [2.75, 3.05) is 14.2 Å². The molecule has 0 amide bonds. The van der Waals surface area contributed by atoms with Crippen LogP contribution in [-0.4, -0.2) is 60.3 Å². The van der Waals surface area contributed by atoms with Gasteiger partial charge >= 0.3 is 12.1 Å². The number of carboxylic acid groups (broad SMARTS) is 1. The lowest BCUT2D eigenvalue weighted by Gasteiger charge is -2.24. The zero-order chi connectivity index (χ0) is 28.6. The maximum absolute atomic E-state index is 14.2. The summed E-state index contributed by atoms with van der Waals surface area (Å²) in [6.07, 6.45) is -4.68. The van der Waals surface area contributed by atoms with Crippen molar-refractivity contribution in [3.8, 4) is 17.2 Å². The number of carboxylic acids is 1. The lowest BCUT2D eigenvalue weighted by atomic mass is 9.83. The lowest BCUT2D eigenvalue weighted by Crippen LogP contribution is -2.18. The summed E-state index contributed by atoms with van der Waals surface area (Å²) in [4.78, 5) is 12.2. The van der Waals surface area contributed by atoms with Gasteiger partial charge in [-0.2, -0.15) is 18.0 Å². The van der Waals surface area contributed by atoms with Gasteiger partial charge in [0.25, 0.3) is 0 Å². The van der Waals surface area contributed by atoms with Crippen LogP contribution in [-0.2, 0) is 23.9 Å². The topological polar surface area (TPSA) is 130 Å². The Bertz CT molecular complexity index is 1560. The average molecular weight is 578 g/mol. The number of rotatable bonds is 8. The highest BCUT2D eigenvalue weighted by molar-refractivity contribution is 6.30. The first-order chi connectivity index (χ1) is 19.1. The zero-order valence-electron chi connectivity index (χ0n) is 21.3. The monoisotopic (exact) mass is 577 g/mol. The molecule has 40 heavy (non-hydrogen) atoms. The van der Waals surface area contributed by atoms with Gasteiger partial charge in [0, 0.05) is 28.8 Å². The Hall–Kier alpha value is -4.20. The van der Waals surface area contributed by atoms with E-state index in [9.17, 15) is 18.0 Å². The minimum atomic E-state index is -4.80. The van der Waals surface area contributed by atoms with E-state index in [4.69, 9.17) is 26.2 Å². The normalized spacial score (nSPS) is 16.6. The SMILES string of the molecule is COc1cccc(C2CC(Cn3nnc(CCC(=O)O)n3)c3nnc(C(F)(F)F)n3-c3ccc(Cl)cc32)c1OC. The van der Waals surface area contributed by atoms with Crippen molar-refractivity contribution in [1.29, 1.82) is 0 Å². The number of aromatic nitrogens is 7. The van der Waals surface area contributed by atoms with Crippen LogP contribution in [0.5, 0.6) is 11.5 Å². The summed E-state index contributed by atoms with van der Waals surface area (Å²) in [5.74, 6) is -2.23. The van der Waals surface area contributed by atoms with Gasteiger partial charge in [-0.15, -0.1) is 20.4 Å². The highest BCUT2D eigenvalue weighted by atomic mass is 35.5. The Labute approximate surface area is 230 Å². The predicted octanol–water partition coefficient (Wildman–Crippen LogP) is 4.28. The molecule has 2 aromatic carbocycles. The number of methoxy groups -OCH3 is 2. The quantitative estimate of drug-likeness (QED) is 0.326. The Morgan fingerprint density at radius 2 is 1.93 bits per heavy atom. The molecule has 0 fully saturated rings. The van der Waals surface area contributed by atoms with Gasteiger partial charge in [-0.1, -0.05) is 23.7 Å². The molecule has 2 atom stereocenters. The minimum Gasteiger partial charge on any atom is -0.493 e. The second kappa shape index (κ2) is 10.8. The van der Waals surface area contributed by atoms with Crippen LogP contribution >= 0.6 is 11.6 Å². The zero-order valence-corrected chi connectivity index (χ0v) is 22.0. The molecule has 210 valence electrons. The number of aliphatic carboxylic acids is 1. The lowest BCUT2D eigenvalue weighted by molar-refractivity contribution is -0.146. The van der Waals surface area contributed by atoms with Gasteiger partial charge in [0.15, 0.2) is 17.3 Å². The highest BCUT2D eigenvalue weighted by Gasteiger charge is 2.43. The van der Waals surface area contributed by atoms with Crippen molar-refractivity contribution < 1.29 is 32.5 Å². The molecule has 11 nitrogen and oxygen atoms in total. The second-order valence-electron chi connectivity index (χ2n) is 9.14. The van der Waals surface area contributed by atoms with E-state index in [0.29, 0.717) is 27.6 Å². The van der Waals surface area contributed by atoms with Crippen molar-refractivity contribution in [3.63, 3.8) is 0 Å². The molecular weight excluding hydrogens is 555 g/mol. The molecule has 0 spiro atoms. The fourth-order valence-corrected chi connectivity index (χ4v) is 5.19. The third kappa shape index (κ3) is 5.18. The first-order valence-corrected chi connectivity index (χ1v) is 12.5. The molecule has 2 unspecified atom stereocenters. The number of benzene rings is 2. The number of alkyl halides is 3. The number of para-hydroxylation sites is 1. The van der Waals surface area contributed by atoms with E-state index in [1.807, 2.05) is 6.07 Å². The fourth-order valence-electron chi connectivity index (χ4n) is 5.01. The average Bonchev–Trinajstić information content (AvgIpc) is 3.54. The van der Waals surface area contributed by atoms with E-state index in [1.54, 1.807) is 18.2 Å². The standard InChI is InChI=1S/C25H23ClF3N7O4/c1-39-19-5-3-4-15(22(19)40-2)16-10-13(12-35-33-20(30-34-35)8-9-21(37)38)23-31-32-24(25(27,28)29)36(23)18-7-6-14(26)11-17(16)18/h3-7,11,13,16H,8-10,12H2,1-2H3,(H,37,38). The van der Waals surface area contributed by atoms with Crippen molar-refractivity contribution >= 4 is 17.6 Å². The van der Waals surface area contributed by atoms with E-state index in [2.05, 4.69) is 25.6 Å². The number of aryl methyl sites for hydroxylation is 1. The van der Waals surface area contributed by atoms with Gasteiger partial charge in [-0.05, 0) is 41.5 Å². The molecule has 0 bridgehead atoms. The third-order valence-corrected chi connectivity index (χ3v) is 6.92. The van der Waals surface area contributed by atoms with E-state index < -0.39 is 29.8 Å². The van der Waals surface area contributed by atoms with Crippen LogP contribution in [0.1, 0.15) is 53.3 Å². The van der Waals surface area contributed by atoms with Crippen LogP contribution in [0.4, 0.5) is 13.2 Å². The number of carbonyl (C=O) groups is 1. The molecule has 4 aromatic rings. The number of nitrogens with zero attached hydrogens (tertiary/aromatic N) is 7. The number of ether oxygens (including phenoxy) is 2. The molecule has 5 rings (SSSR count). The maximum atomic E-state index is 14.2. The summed E-state index contributed by atoms with van der Waals surface area (Å²) in [6, 6.07) is 9.98. The number of fused-ring (bicyclic) bond motifs is 3. The van der Waals surface area contributed by atoms with Gasteiger partial charge in [0.05, 0.1) is 32.9 Å². The number of tetrazole rings is 1. The van der Waals surface area contributed by atoms with Crippen LogP contribution in [0.3, 0.4) is 0 Å². The summed E-state index contributed by atoms with van der Waals surface area (Å²) in [7, 11) is 2.99. The maximum Gasteiger partial charge on any atom is 0.452 e. The minimum absolute atomic E-state index is 0.000562. The van der Waals surface area contributed by atoms with Gasteiger partial charge in [0.2, 0.25) is 5.82 Å². The van der Waals surface area contributed by atoms with E-state index in [0.717, 1.165) is 4.57 Å². The van der Waals surface area contributed by atoms with E-state index >= 15 is 0 Å². The summed E-state index contributed by atoms with van der Waals surface area (Å²) < 4.78 is 54.7.